The Balaban J connectivity index is 2.96. The molecule has 0 aliphatic heterocycles. The molecule has 0 aliphatic carbocycles. The van der Waals surface area contributed by atoms with Crippen molar-refractivity contribution < 1.29 is 0 Å². The minimum Gasteiger partial charge on any atom is -0.329 e. The van der Waals surface area contributed by atoms with Gasteiger partial charge >= 0.3 is 0 Å². The summed E-state index contributed by atoms with van der Waals surface area (Å²) in [6.07, 6.45) is 2.99. The fraction of sp³-hybridized carbons (Fsp3) is 0.667. The van der Waals surface area contributed by atoms with Crippen LogP contribution in [0.5, 0.6) is 0 Å². The summed E-state index contributed by atoms with van der Waals surface area (Å²) in [4.78, 5) is 0. The zero-order valence-electron chi connectivity index (χ0n) is 8.54. The zero-order valence-corrected chi connectivity index (χ0v) is 8.54. The maximum absolute atomic E-state index is 5.65. The first-order valence-corrected chi connectivity index (χ1v) is 4.62. The van der Waals surface area contributed by atoms with E-state index in [0.29, 0.717) is 6.54 Å². The number of aryl methyl sites for hydroxylation is 2. The van der Waals surface area contributed by atoms with Gasteiger partial charge in [0.1, 0.15) is 0 Å². The Morgan fingerprint density at radius 2 is 2.38 bits per heavy atom. The zero-order chi connectivity index (χ0) is 9.84. The van der Waals surface area contributed by atoms with Crippen molar-refractivity contribution in [2.45, 2.75) is 19.4 Å². The van der Waals surface area contributed by atoms with E-state index in [4.69, 9.17) is 5.73 Å². The molecule has 0 saturated carbocycles. The van der Waals surface area contributed by atoms with Gasteiger partial charge in [-0.15, -0.1) is 0 Å². The fourth-order valence-electron chi connectivity index (χ4n) is 1.52. The fourth-order valence-corrected chi connectivity index (χ4v) is 1.52. The maximum Gasteiger partial charge on any atom is 0.0670 e. The second-order valence-electron chi connectivity index (χ2n) is 3.14. The number of rotatable bonds is 4. The monoisotopic (exact) mass is 182 g/mol. The van der Waals surface area contributed by atoms with E-state index >= 15 is 0 Å². The smallest absolute Gasteiger partial charge is 0.0670 e. The van der Waals surface area contributed by atoms with Gasteiger partial charge in [0, 0.05) is 31.4 Å². The minimum atomic E-state index is 0.226. The van der Waals surface area contributed by atoms with Gasteiger partial charge in [0.25, 0.3) is 0 Å². The van der Waals surface area contributed by atoms with Crippen molar-refractivity contribution in [2.24, 2.45) is 12.8 Å². The van der Waals surface area contributed by atoms with Crippen LogP contribution in [-0.4, -0.2) is 23.4 Å². The molecule has 1 atom stereocenters. The van der Waals surface area contributed by atoms with Crippen molar-refractivity contribution >= 4 is 0 Å². The molecule has 0 amide bonds. The van der Waals surface area contributed by atoms with Gasteiger partial charge < -0.3 is 11.1 Å². The molecule has 0 spiro atoms. The second kappa shape index (κ2) is 4.39. The SMILES string of the molecule is CCc1nn(C)cc1C(CN)NC. The molecule has 1 unspecified atom stereocenters. The molecule has 4 heteroatoms. The van der Waals surface area contributed by atoms with E-state index in [1.807, 2.05) is 25.0 Å². The van der Waals surface area contributed by atoms with Crippen LogP contribution in [-0.2, 0) is 13.5 Å². The van der Waals surface area contributed by atoms with Gasteiger partial charge in [0.15, 0.2) is 0 Å². The highest BCUT2D eigenvalue weighted by Gasteiger charge is 2.13. The third-order valence-electron chi connectivity index (χ3n) is 2.23. The molecule has 1 aromatic heterocycles. The van der Waals surface area contributed by atoms with Crippen molar-refractivity contribution in [1.82, 2.24) is 15.1 Å². The first-order valence-electron chi connectivity index (χ1n) is 4.62. The lowest BCUT2D eigenvalue weighted by atomic mass is 10.1. The highest BCUT2D eigenvalue weighted by molar-refractivity contribution is 5.21. The van der Waals surface area contributed by atoms with Gasteiger partial charge in [-0.25, -0.2) is 0 Å². The lowest BCUT2D eigenvalue weighted by Crippen LogP contribution is -2.25. The predicted octanol–water partition coefficient (Wildman–Crippen LogP) is 0.202. The van der Waals surface area contributed by atoms with Crippen molar-refractivity contribution in [3.63, 3.8) is 0 Å². The predicted molar refractivity (Wildman–Crippen MR) is 53.4 cm³/mol. The Hall–Kier alpha value is -0.870. The first-order chi connectivity index (χ1) is 6.22. The first kappa shape index (κ1) is 10.2. The standard InChI is InChI=1S/C9H18N4/c1-4-8-7(6-13(3)12-8)9(5-10)11-2/h6,9,11H,4-5,10H2,1-3H3. The van der Waals surface area contributed by atoms with E-state index in [9.17, 15) is 0 Å². The van der Waals surface area contributed by atoms with E-state index in [0.717, 1.165) is 12.1 Å². The van der Waals surface area contributed by atoms with Crippen molar-refractivity contribution in [1.29, 1.82) is 0 Å². The minimum absolute atomic E-state index is 0.226. The van der Waals surface area contributed by atoms with E-state index < -0.39 is 0 Å². The Labute approximate surface area is 79.1 Å². The quantitative estimate of drug-likeness (QED) is 0.699. The molecule has 1 aromatic rings. The second-order valence-corrected chi connectivity index (χ2v) is 3.14. The van der Waals surface area contributed by atoms with Crippen molar-refractivity contribution in [2.75, 3.05) is 13.6 Å². The van der Waals surface area contributed by atoms with Crippen LogP contribution < -0.4 is 11.1 Å². The van der Waals surface area contributed by atoms with Crippen LogP contribution in [0.1, 0.15) is 24.2 Å². The Morgan fingerprint density at radius 1 is 1.69 bits per heavy atom. The van der Waals surface area contributed by atoms with Crippen LogP contribution >= 0.6 is 0 Å². The van der Waals surface area contributed by atoms with Gasteiger partial charge in [-0.1, -0.05) is 6.92 Å². The summed E-state index contributed by atoms with van der Waals surface area (Å²) in [7, 11) is 3.86. The molecule has 1 heterocycles. The third kappa shape index (κ3) is 2.08. The van der Waals surface area contributed by atoms with E-state index in [2.05, 4.69) is 17.3 Å². The lowest BCUT2D eigenvalue weighted by molar-refractivity contribution is 0.600. The molecule has 74 valence electrons. The van der Waals surface area contributed by atoms with Crippen LogP contribution in [0.2, 0.25) is 0 Å². The average Bonchev–Trinajstić information content (AvgIpc) is 2.49. The summed E-state index contributed by atoms with van der Waals surface area (Å²) in [5, 5.41) is 7.54. The average molecular weight is 182 g/mol. The van der Waals surface area contributed by atoms with Gasteiger partial charge in [-0.3, -0.25) is 4.68 Å². The molecule has 0 bridgehead atoms. The molecular weight excluding hydrogens is 164 g/mol. The largest absolute Gasteiger partial charge is 0.329 e. The summed E-state index contributed by atoms with van der Waals surface area (Å²) >= 11 is 0. The molecule has 0 aliphatic rings. The van der Waals surface area contributed by atoms with E-state index in [1.165, 1.54) is 5.56 Å². The van der Waals surface area contributed by atoms with Crippen LogP contribution in [0.25, 0.3) is 0 Å². The van der Waals surface area contributed by atoms with Gasteiger partial charge in [-0.2, -0.15) is 5.10 Å². The molecule has 1 rings (SSSR count). The van der Waals surface area contributed by atoms with E-state index in [1.54, 1.807) is 0 Å². The molecule has 0 aromatic carbocycles. The Bertz CT molecular complexity index is 263. The number of nitrogens with one attached hydrogen (secondary N) is 1. The number of hydrogen-bond donors (Lipinski definition) is 2. The third-order valence-corrected chi connectivity index (χ3v) is 2.23. The topological polar surface area (TPSA) is 55.9 Å². The number of nitrogens with two attached hydrogens (primary N) is 1. The lowest BCUT2D eigenvalue weighted by Gasteiger charge is -2.12. The summed E-state index contributed by atoms with van der Waals surface area (Å²) < 4.78 is 1.84. The van der Waals surface area contributed by atoms with Crippen LogP contribution in [0.3, 0.4) is 0 Å². The van der Waals surface area contributed by atoms with Gasteiger partial charge in [0.2, 0.25) is 0 Å². The Morgan fingerprint density at radius 3 is 2.85 bits per heavy atom. The Kier molecular flexibility index (Phi) is 3.45. The summed E-state index contributed by atoms with van der Waals surface area (Å²) in [6.45, 7) is 2.71. The number of aromatic nitrogens is 2. The number of likely N-dealkylation sites (N-methyl/N-ethyl adjacent to an activating group) is 1. The number of nitrogens with zero attached hydrogens (tertiary/aromatic N) is 2. The number of hydrogen-bond acceptors (Lipinski definition) is 3. The summed E-state index contributed by atoms with van der Waals surface area (Å²) in [5.41, 5.74) is 8.00. The summed E-state index contributed by atoms with van der Waals surface area (Å²) in [5.74, 6) is 0. The van der Waals surface area contributed by atoms with Crippen LogP contribution in [0.4, 0.5) is 0 Å². The highest BCUT2D eigenvalue weighted by atomic mass is 15.3. The summed E-state index contributed by atoms with van der Waals surface area (Å²) in [6, 6.07) is 0.226. The molecule has 4 nitrogen and oxygen atoms in total. The van der Waals surface area contributed by atoms with E-state index in [-0.39, 0.29) is 6.04 Å². The van der Waals surface area contributed by atoms with Crippen LogP contribution in [0.15, 0.2) is 6.20 Å². The van der Waals surface area contributed by atoms with Crippen LogP contribution in [0, 0.1) is 0 Å². The molecule has 0 fully saturated rings. The van der Waals surface area contributed by atoms with Gasteiger partial charge in [-0.05, 0) is 13.5 Å². The van der Waals surface area contributed by atoms with Gasteiger partial charge in [0.05, 0.1) is 5.69 Å². The molecular formula is C9H18N4. The highest BCUT2D eigenvalue weighted by Crippen LogP contribution is 2.15. The van der Waals surface area contributed by atoms with Crippen molar-refractivity contribution in [3.05, 3.63) is 17.5 Å². The molecule has 13 heavy (non-hydrogen) atoms. The normalized spacial score (nSPS) is 13.2. The maximum atomic E-state index is 5.65. The van der Waals surface area contributed by atoms with Crippen molar-refractivity contribution in [3.8, 4) is 0 Å². The molecule has 0 radical (unpaired) electrons. The molecule has 0 saturated heterocycles. The molecule has 3 N–H and O–H groups in total.